The SMILES string of the molecule is CSC1(SC)CC1(C)C. The monoisotopic (exact) mass is 162 g/mol. The van der Waals surface area contributed by atoms with E-state index in [0.29, 0.717) is 9.49 Å². The first-order chi connectivity index (χ1) is 4.08. The van der Waals surface area contributed by atoms with E-state index in [1.54, 1.807) is 0 Å². The number of hydrogen-bond donors (Lipinski definition) is 0. The summed E-state index contributed by atoms with van der Waals surface area (Å²) >= 11 is 4.02. The van der Waals surface area contributed by atoms with Gasteiger partial charge in [0.2, 0.25) is 0 Å². The number of thioether (sulfide) groups is 2. The summed E-state index contributed by atoms with van der Waals surface area (Å²) in [5, 5.41) is 0. The highest BCUT2D eigenvalue weighted by Crippen LogP contribution is 2.68. The fourth-order valence-corrected chi connectivity index (χ4v) is 4.10. The minimum atomic E-state index is 0.562. The van der Waals surface area contributed by atoms with E-state index in [4.69, 9.17) is 0 Å². The highest BCUT2D eigenvalue weighted by Gasteiger charge is 2.60. The molecule has 0 aromatic rings. The van der Waals surface area contributed by atoms with Crippen LogP contribution in [0, 0.1) is 5.41 Å². The zero-order valence-corrected chi connectivity index (χ0v) is 8.16. The zero-order chi connectivity index (χ0) is 7.12. The van der Waals surface area contributed by atoms with Gasteiger partial charge in [-0.25, -0.2) is 0 Å². The summed E-state index contributed by atoms with van der Waals surface area (Å²) in [6.07, 6.45) is 5.80. The van der Waals surface area contributed by atoms with E-state index >= 15 is 0 Å². The van der Waals surface area contributed by atoms with Gasteiger partial charge in [0.15, 0.2) is 0 Å². The second-order valence-corrected chi connectivity index (χ2v) is 5.69. The standard InChI is InChI=1S/C7H14S2/c1-6(2)5-7(6,8-3)9-4/h5H2,1-4H3. The van der Waals surface area contributed by atoms with Crippen molar-refractivity contribution in [3.05, 3.63) is 0 Å². The first-order valence-electron chi connectivity index (χ1n) is 3.18. The zero-order valence-electron chi connectivity index (χ0n) is 6.52. The Bertz CT molecular complexity index is 114. The van der Waals surface area contributed by atoms with Crippen molar-refractivity contribution in [1.29, 1.82) is 0 Å². The van der Waals surface area contributed by atoms with Crippen LogP contribution in [0.4, 0.5) is 0 Å². The maximum absolute atomic E-state index is 2.35. The van der Waals surface area contributed by atoms with Crippen LogP contribution in [0.2, 0.25) is 0 Å². The third-order valence-corrected chi connectivity index (χ3v) is 5.95. The molecule has 1 fully saturated rings. The average Bonchev–Trinajstić information content (AvgIpc) is 2.35. The van der Waals surface area contributed by atoms with Crippen LogP contribution in [0.1, 0.15) is 20.3 Å². The predicted octanol–water partition coefficient (Wildman–Crippen LogP) is 2.84. The Hall–Kier alpha value is 0.700. The smallest absolute Gasteiger partial charge is 0.0662 e. The molecule has 0 aromatic carbocycles. The average molecular weight is 162 g/mol. The molecule has 54 valence electrons. The van der Waals surface area contributed by atoms with Crippen LogP contribution < -0.4 is 0 Å². The Kier molecular flexibility index (Phi) is 1.81. The molecule has 1 rings (SSSR count). The van der Waals surface area contributed by atoms with Crippen molar-refractivity contribution in [2.24, 2.45) is 5.41 Å². The van der Waals surface area contributed by atoms with Crippen LogP contribution in [0.25, 0.3) is 0 Å². The molecule has 0 heterocycles. The molecule has 1 aliphatic rings. The third-order valence-electron chi connectivity index (χ3n) is 2.24. The van der Waals surface area contributed by atoms with E-state index in [0.717, 1.165) is 0 Å². The van der Waals surface area contributed by atoms with E-state index in [1.807, 2.05) is 23.5 Å². The lowest BCUT2D eigenvalue weighted by molar-refractivity contribution is 0.647. The normalized spacial score (nSPS) is 28.0. The summed E-state index contributed by atoms with van der Waals surface area (Å²) in [5.41, 5.74) is 0.589. The van der Waals surface area contributed by atoms with Crippen LogP contribution in [-0.2, 0) is 0 Å². The van der Waals surface area contributed by atoms with E-state index in [9.17, 15) is 0 Å². The molecule has 0 radical (unpaired) electrons. The van der Waals surface area contributed by atoms with Crippen molar-refractivity contribution in [3.8, 4) is 0 Å². The fraction of sp³-hybridized carbons (Fsp3) is 1.00. The van der Waals surface area contributed by atoms with Gasteiger partial charge in [0.25, 0.3) is 0 Å². The first kappa shape index (κ1) is 7.80. The summed E-state index contributed by atoms with van der Waals surface area (Å²) in [6, 6.07) is 0. The maximum Gasteiger partial charge on any atom is 0.0662 e. The molecule has 0 atom stereocenters. The van der Waals surface area contributed by atoms with E-state index < -0.39 is 0 Å². The molecule has 1 saturated carbocycles. The van der Waals surface area contributed by atoms with Crippen LogP contribution in [-0.4, -0.2) is 16.6 Å². The van der Waals surface area contributed by atoms with E-state index in [-0.39, 0.29) is 0 Å². The van der Waals surface area contributed by atoms with Gasteiger partial charge in [-0.3, -0.25) is 0 Å². The molecular weight excluding hydrogens is 148 g/mol. The number of rotatable bonds is 2. The highest BCUT2D eigenvalue weighted by molar-refractivity contribution is 8.18. The van der Waals surface area contributed by atoms with E-state index in [2.05, 4.69) is 26.4 Å². The van der Waals surface area contributed by atoms with Gasteiger partial charge in [-0.15, -0.1) is 23.5 Å². The molecule has 0 unspecified atom stereocenters. The van der Waals surface area contributed by atoms with Gasteiger partial charge >= 0.3 is 0 Å². The minimum absolute atomic E-state index is 0.562. The molecule has 9 heavy (non-hydrogen) atoms. The van der Waals surface area contributed by atoms with Gasteiger partial charge in [-0.05, 0) is 24.3 Å². The lowest BCUT2D eigenvalue weighted by atomic mass is 10.2. The summed E-state index contributed by atoms with van der Waals surface area (Å²) in [4.78, 5) is 0. The van der Waals surface area contributed by atoms with Gasteiger partial charge in [0.05, 0.1) is 4.08 Å². The van der Waals surface area contributed by atoms with Gasteiger partial charge in [-0.1, -0.05) is 13.8 Å². The Balaban J connectivity index is 2.57. The second-order valence-electron chi connectivity index (χ2n) is 3.22. The summed E-state index contributed by atoms with van der Waals surface area (Å²) < 4.78 is 0.562. The van der Waals surface area contributed by atoms with Crippen molar-refractivity contribution >= 4 is 23.5 Å². The molecule has 0 amide bonds. The van der Waals surface area contributed by atoms with Gasteiger partial charge in [0.1, 0.15) is 0 Å². The summed E-state index contributed by atoms with van der Waals surface area (Å²) in [7, 11) is 0. The van der Waals surface area contributed by atoms with E-state index in [1.165, 1.54) is 6.42 Å². The van der Waals surface area contributed by atoms with Crippen molar-refractivity contribution in [2.75, 3.05) is 12.5 Å². The van der Waals surface area contributed by atoms with Gasteiger partial charge in [0, 0.05) is 0 Å². The minimum Gasteiger partial charge on any atom is -0.147 e. The van der Waals surface area contributed by atoms with Crippen molar-refractivity contribution in [3.63, 3.8) is 0 Å². The number of hydrogen-bond acceptors (Lipinski definition) is 2. The first-order valence-corrected chi connectivity index (χ1v) is 5.63. The molecule has 1 aliphatic carbocycles. The molecule has 0 saturated heterocycles. The van der Waals surface area contributed by atoms with Gasteiger partial charge in [-0.2, -0.15) is 0 Å². The predicted molar refractivity (Wildman–Crippen MR) is 48.2 cm³/mol. The Labute approximate surface area is 66.2 Å². The quantitative estimate of drug-likeness (QED) is 0.573. The van der Waals surface area contributed by atoms with Crippen LogP contribution >= 0.6 is 23.5 Å². The topological polar surface area (TPSA) is 0 Å². The van der Waals surface area contributed by atoms with Gasteiger partial charge < -0.3 is 0 Å². The lowest BCUT2D eigenvalue weighted by Gasteiger charge is -2.13. The summed E-state index contributed by atoms with van der Waals surface area (Å²) in [5.74, 6) is 0. The molecular formula is C7H14S2. The molecule has 0 bridgehead atoms. The van der Waals surface area contributed by atoms with Crippen LogP contribution in [0.15, 0.2) is 0 Å². The molecule has 0 N–H and O–H groups in total. The Morgan fingerprint density at radius 3 is 1.44 bits per heavy atom. The molecule has 0 nitrogen and oxygen atoms in total. The highest BCUT2D eigenvalue weighted by atomic mass is 32.2. The maximum atomic E-state index is 2.35. The lowest BCUT2D eigenvalue weighted by Crippen LogP contribution is -2.04. The molecule has 0 aromatic heterocycles. The van der Waals surface area contributed by atoms with Crippen molar-refractivity contribution < 1.29 is 0 Å². The second kappa shape index (κ2) is 2.09. The fourth-order valence-electron chi connectivity index (χ4n) is 1.32. The van der Waals surface area contributed by atoms with Crippen molar-refractivity contribution in [1.82, 2.24) is 0 Å². The summed E-state index contributed by atoms with van der Waals surface area (Å²) in [6.45, 7) is 4.69. The largest absolute Gasteiger partial charge is 0.147 e. The van der Waals surface area contributed by atoms with Crippen LogP contribution in [0.3, 0.4) is 0 Å². The molecule has 0 aliphatic heterocycles. The Morgan fingerprint density at radius 2 is 1.44 bits per heavy atom. The van der Waals surface area contributed by atoms with Crippen LogP contribution in [0.5, 0.6) is 0 Å². The Morgan fingerprint density at radius 1 is 1.11 bits per heavy atom. The third kappa shape index (κ3) is 1.01. The molecule has 2 heteroatoms. The van der Waals surface area contributed by atoms with Crippen molar-refractivity contribution in [2.45, 2.75) is 24.3 Å². The molecule has 0 spiro atoms.